The summed E-state index contributed by atoms with van der Waals surface area (Å²) in [4.78, 5) is 0. The normalized spacial score (nSPS) is 29.7. The van der Waals surface area contributed by atoms with Crippen molar-refractivity contribution < 1.29 is 0 Å². The second-order valence-corrected chi connectivity index (χ2v) is 4.98. The predicted molar refractivity (Wildman–Crippen MR) is 64.6 cm³/mol. The summed E-state index contributed by atoms with van der Waals surface area (Å²) in [6.45, 7) is 0.767. The summed E-state index contributed by atoms with van der Waals surface area (Å²) < 4.78 is 1.69. The molecule has 1 aromatic rings. The number of aromatic nitrogens is 2. The van der Waals surface area contributed by atoms with Crippen LogP contribution in [0, 0.1) is 29.1 Å². The lowest BCUT2D eigenvalue weighted by atomic mass is 9.94. The van der Waals surface area contributed by atoms with E-state index in [2.05, 4.69) is 17.3 Å². The summed E-state index contributed by atoms with van der Waals surface area (Å²) in [5.74, 6) is 2.60. The molecule has 2 aliphatic carbocycles. The number of nitrogen functional groups attached to an aromatic ring is 2. The van der Waals surface area contributed by atoms with Crippen molar-refractivity contribution >= 4 is 11.6 Å². The Morgan fingerprint density at radius 3 is 2.76 bits per heavy atom. The lowest BCUT2D eigenvalue weighted by Gasteiger charge is -2.18. The van der Waals surface area contributed by atoms with Gasteiger partial charge >= 0.3 is 0 Å². The Balaban J connectivity index is 1.83. The molecular weight excluding hydrogens is 214 g/mol. The SMILES string of the molecule is N#Cc1c(N)nn(CC2C[C@H]3C=C[C@@H]2C3)c1N. The molecule has 3 atom stereocenters. The third-order valence-corrected chi connectivity index (χ3v) is 3.95. The van der Waals surface area contributed by atoms with E-state index in [-0.39, 0.29) is 5.82 Å². The Morgan fingerprint density at radius 2 is 2.24 bits per heavy atom. The van der Waals surface area contributed by atoms with E-state index in [0.717, 1.165) is 12.5 Å². The van der Waals surface area contributed by atoms with Crippen molar-refractivity contribution in [3.05, 3.63) is 17.7 Å². The van der Waals surface area contributed by atoms with Crippen molar-refractivity contribution in [1.82, 2.24) is 9.78 Å². The van der Waals surface area contributed by atoms with Gasteiger partial charge in [0, 0.05) is 6.54 Å². The molecule has 2 aliphatic rings. The maximum Gasteiger partial charge on any atom is 0.165 e. The quantitative estimate of drug-likeness (QED) is 0.743. The lowest BCUT2D eigenvalue weighted by molar-refractivity contribution is 0.368. The van der Waals surface area contributed by atoms with Gasteiger partial charge in [0.1, 0.15) is 17.5 Å². The van der Waals surface area contributed by atoms with Crippen LogP contribution in [-0.2, 0) is 6.54 Å². The highest BCUT2D eigenvalue weighted by molar-refractivity contribution is 5.61. The van der Waals surface area contributed by atoms with Crippen LogP contribution in [0.5, 0.6) is 0 Å². The molecule has 88 valence electrons. The van der Waals surface area contributed by atoms with E-state index in [0.29, 0.717) is 23.2 Å². The molecule has 0 saturated heterocycles. The van der Waals surface area contributed by atoms with Crippen LogP contribution in [0.4, 0.5) is 11.6 Å². The van der Waals surface area contributed by atoms with Gasteiger partial charge in [0.2, 0.25) is 0 Å². The van der Waals surface area contributed by atoms with Gasteiger partial charge in [0.25, 0.3) is 0 Å². The first kappa shape index (κ1) is 10.2. The van der Waals surface area contributed by atoms with Crippen molar-refractivity contribution in [2.75, 3.05) is 11.5 Å². The summed E-state index contributed by atoms with van der Waals surface area (Å²) in [5.41, 5.74) is 11.8. The maximum absolute atomic E-state index is 8.90. The average molecular weight is 229 g/mol. The second-order valence-electron chi connectivity index (χ2n) is 4.98. The van der Waals surface area contributed by atoms with Crippen LogP contribution in [0.15, 0.2) is 12.2 Å². The topological polar surface area (TPSA) is 93.6 Å². The minimum absolute atomic E-state index is 0.240. The molecule has 0 spiro atoms. The highest BCUT2D eigenvalue weighted by Crippen LogP contribution is 2.44. The highest BCUT2D eigenvalue weighted by Gasteiger charge is 2.36. The van der Waals surface area contributed by atoms with Crippen LogP contribution in [0.2, 0.25) is 0 Å². The molecule has 5 nitrogen and oxygen atoms in total. The van der Waals surface area contributed by atoms with E-state index in [1.165, 1.54) is 12.8 Å². The first-order valence-corrected chi connectivity index (χ1v) is 5.89. The van der Waals surface area contributed by atoms with Crippen molar-refractivity contribution in [2.45, 2.75) is 19.4 Å². The number of nitrogens with two attached hydrogens (primary N) is 2. The van der Waals surface area contributed by atoms with Gasteiger partial charge in [-0.15, -0.1) is 0 Å². The van der Waals surface area contributed by atoms with E-state index >= 15 is 0 Å². The van der Waals surface area contributed by atoms with Gasteiger partial charge in [-0.1, -0.05) is 12.2 Å². The molecule has 3 rings (SSSR count). The van der Waals surface area contributed by atoms with E-state index < -0.39 is 0 Å². The van der Waals surface area contributed by atoms with Gasteiger partial charge in [-0.05, 0) is 30.6 Å². The largest absolute Gasteiger partial charge is 0.383 e. The summed E-state index contributed by atoms with van der Waals surface area (Å²) in [7, 11) is 0. The zero-order valence-corrected chi connectivity index (χ0v) is 9.50. The van der Waals surface area contributed by atoms with Crippen LogP contribution in [0.25, 0.3) is 0 Å². The third-order valence-electron chi connectivity index (χ3n) is 3.95. The Morgan fingerprint density at radius 1 is 1.41 bits per heavy atom. The first-order chi connectivity index (χ1) is 8.19. The van der Waals surface area contributed by atoms with Crippen molar-refractivity contribution in [3.8, 4) is 6.07 Å². The molecule has 0 aromatic carbocycles. The van der Waals surface area contributed by atoms with Crippen LogP contribution in [-0.4, -0.2) is 9.78 Å². The molecule has 0 radical (unpaired) electrons. The molecule has 1 fully saturated rings. The smallest absolute Gasteiger partial charge is 0.165 e. The van der Waals surface area contributed by atoms with Gasteiger partial charge in [-0.2, -0.15) is 10.4 Å². The summed E-state index contributed by atoms with van der Waals surface area (Å²) >= 11 is 0. The lowest BCUT2D eigenvalue weighted by Crippen LogP contribution is -2.17. The molecule has 0 aliphatic heterocycles. The van der Waals surface area contributed by atoms with Crippen LogP contribution < -0.4 is 11.5 Å². The minimum Gasteiger partial charge on any atom is -0.383 e. The van der Waals surface area contributed by atoms with Gasteiger partial charge < -0.3 is 11.5 Å². The third kappa shape index (κ3) is 1.48. The molecule has 1 unspecified atom stereocenters. The summed E-state index contributed by atoms with van der Waals surface area (Å²) in [5, 5.41) is 13.1. The first-order valence-electron chi connectivity index (χ1n) is 5.89. The molecular formula is C12H15N5. The number of fused-ring (bicyclic) bond motifs is 2. The second kappa shape index (κ2) is 3.52. The number of nitriles is 1. The van der Waals surface area contributed by atoms with E-state index in [1.807, 2.05) is 6.07 Å². The zero-order valence-electron chi connectivity index (χ0n) is 9.50. The Kier molecular flexibility index (Phi) is 2.11. The van der Waals surface area contributed by atoms with Gasteiger partial charge in [-0.3, -0.25) is 0 Å². The minimum atomic E-state index is 0.240. The monoisotopic (exact) mass is 229 g/mol. The van der Waals surface area contributed by atoms with Gasteiger partial charge in [0.15, 0.2) is 5.82 Å². The Bertz CT molecular complexity index is 522. The number of allylic oxidation sites excluding steroid dienone is 2. The summed E-state index contributed by atoms with van der Waals surface area (Å²) in [6, 6.07) is 2.00. The van der Waals surface area contributed by atoms with Crippen molar-refractivity contribution in [2.24, 2.45) is 17.8 Å². The molecule has 1 heterocycles. The van der Waals surface area contributed by atoms with Crippen LogP contribution in [0.3, 0.4) is 0 Å². The van der Waals surface area contributed by atoms with Crippen LogP contribution in [0.1, 0.15) is 18.4 Å². The highest BCUT2D eigenvalue weighted by atomic mass is 15.3. The molecule has 2 bridgehead atoms. The predicted octanol–water partition coefficient (Wildman–Crippen LogP) is 1.13. The zero-order chi connectivity index (χ0) is 12.0. The summed E-state index contributed by atoms with van der Waals surface area (Å²) in [6.07, 6.45) is 7.06. The molecule has 17 heavy (non-hydrogen) atoms. The van der Waals surface area contributed by atoms with Crippen molar-refractivity contribution in [1.29, 1.82) is 5.26 Å². The fourth-order valence-corrected chi connectivity index (χ4v) is 3.07. The van der Waals surface area contributed by atoms with E-state index in [1.54, 1.807) is 4.68 Å². The standard InChI is InChI=1S/C12H15N5/c13-5-10-11(14)16-17(12(10)15)6-9-4-7-1-2-8(9)3-7/h1-2,7-9H,3-4,6,15H2,(H2,14,16)/t7-,8+,9?/m0/s1. The average Bonchev–Trinajstić information content (AvgIpc) is 2.96. The number of rotatable bonds is 2. The molecule has 1 saturated carbocycles. The molecule has 0 amide bonds. The Hall–Kier alpha value is -1.96. The molecule has 5 heteroatoms. The number of nitrogens with zero attached hydrogens (tertiary/aromatic N) is 3. The Labute approximate surface area is 99.7 Å². The van der Waals surface area contributed by atoms with E-state index in [4.69, 9.17) is 16.7 Å². The number of hydrogen-bond acceptors (Lipinski definition) is 4. The fraction of sp³-hybridized carbons (Fsp3) is 0.500. The van der Waals surface area contributed by atoms with E-state index in [9.17, 15) is 0 Å². The number of anilines is 2. The van der Waals surface area contributed by atoms with Gasteiger partial charge in [0.05, 0.1) is 0 Å². The molecule has 1 aromatic heterocycles. The number of hydrogen-bond donors (Lipinski definition) is 2. The molecule has 4 N–H and O–H groups in total. The van der Waals surface area contributed by atoms with Crippen LogP contribution >= 0.6 is 0 Å². The van der Waals surface area contributed by atoms with Gasteiger partial charge in [-0.25, -0.2) is 4.68 Å². The fourth-order valence-electron chi connectivity index (χ4n) is 3.07. The van der Waals surface area contributed by atoms with Crippen molar-refractivity contribution in [3.63, 3.8) is 0 Å². The maximum atomic E-state index is 8.90.